The third-order valence-electron chi connectivity index (χ3n) is 2.66. The zero-order chi connectivity index (χ0) is 14.7. The van der Waals surface area contributed by atoms with Crippen molar-refractivity contribution in [1.82, 2.24) is 9.97 Å². The fourth-order valence-electron chi connectivity index (χ4n) is 1.62. The molecular formula is C14H13IN4O. The van der Waals surface area contributed by atoms with Crippen LogP contribution in [0.1, 0.15) is 31.0 Å². The Balaban J connectivity index is 2.36. The maximum absolute atomic E-state index is 8.89. The lowest BCUT2D eigenvalue weighted by Crippen LogP contribution is -1.99. The molecule has 0 unspecified atom stereocenters. The molecule has 0 atom stereocenters. The van der Waals surface area contributed by atoms with Crippen LogP contribution in [0.15, 0.2) is 24.5 Å². The minimum Gasteiger partial charge on any atom is -0.436 e. The van der Waals surface area contributed by atoms with Gasteiger partial charge in [0.25, 0.3) is 0 Å². The highest BCUT2D eigenvalue weighted by Gasteiger charge is 2.11. The maximum Gasteiger partial charge on any atom is 0.222 e. The first-order chi connectivity index (χ1) is 9.51. The molecular weight excluding hydrogens is 367 g/mol. The molecule has 1 aromatic heterocycles. The van der Waals surface area contributed by atoms with Crippen molar-refractivity contribution in [3.8, 4) is 17.7 Å². The van der Waals surface area contributed by atoms with E-state index in [2.05, 4.69) is 38.6 Å². The molecule has 0 spiro atoms. The van der Waals surface area contributed by atoms with Gasteiger partial charge in [-0.05, 0) is 40.6 Å². The van der Waals surface area contributed by atoms with Crippen molar-refractivity contribution in [1.29, 1.82) is 5.26 Å². The Morgan fingerprint density at radius 2 is 2.05 bits per heavy atom. The smallest absolute Gasteiger partial charge is 0.222 e. The second-order valence-electron chi connectivity index (χ2n) is 4.53. The van der Waals surface area contributed by atoms with E-state index in [0.717, 1.165) is 9.26 Å². The number of benzene rings is 1. The van der Waals surface area contributed by atoms with Gasteiger partial charge in [0.15, 0.2) is 5.75 Å². The summed E-state index contributed by atoms with van der Waals surface area (Å²) in [6, 6.07) is 7.15. The molecule has 5 nitrogen and oxygen atoms in total. The predicted molar refractivity (Wildman–Crippen MR) is 84.5 cm³/mol. The van der Waals surface area contributed by atoms with Gasteiger partial charge in [-0.3, -0.25) is 0 Å². The number of hydrogen-bond acceptors (Lipinski definition) is 5. The summed E-state index contributed by atoms with van der Waals surface area (Å²) >= 11 is 2.08. The fraction of sp³-hybridized carbons (Fsp3) is 0.214. The van der Waals surface area contributed by atoms with Gasteiger partial charge >= 0.3 is 0 Å². The van der Waals surface area contributed by atoms with Crippen molar-refractivity contribution in [3.63, 3.8) is 0 Å². The Bertz CT molecular complexity index is 656. The van der Waals surface area contributed by atoms with Gasteiger partial charge < -0.3 is 10.5 Å². The molecule has 0 fully saturated rings. The predicted octanol–water partition coefficient (Wildman–Crippen LogP) is 3.45. The molecule has 102 valence electrons. The van der Waals surface area contributed by atoms with Crippen LogP contribution in [-0.4, -0.2) is 9.97 Å². The number of hydrogen-bond donors (Lipinski definition) is 1. The Kier molecular flexibility index (Phi) is 4.39. The molecule has 0 aliphatic rings. The molecule has 0 radical (unpaired) electrons. The summed E-state index contributed by atoms with van der Waals surface area (Å²) in [6.07, 6.45) is 1.47. The number of rotatable bonds is 3. The summed E-state index contributed by atoms with van der Waals surface area (Å²) in [7, 11) is 0. The Morgan fingerprint density at radius 3 is 2.65 bits per heavy atom. The lowest BCUT2D eigenvalue weighted by molar-refractivity contribution is 0.458. The normalized spacial score (nSPS) is 10.3. The van der Waals surface area contributed by atoms with Crippen molar-refractivity contribution in [2.75, 3.05) is 5.73 Å². The van der Waals surface area contributed by atoms with Gasteiger partial charge in [0.2, 0.25) is 5.88 Å². The molecule has 1 heterocycles. The zero-order valence-corrected chi connectivity index (χ0v) is 13.2. The van der Waals surface area contributed by atoms with E-state index in [-0.39, 0.29) is 5.92 Å². The van der Waals surface area contributed by atoms with Gasteiger partial charge in [0, 0.05) is 6.07 Å². The molecule has 20 heavy (non-hydrogen) atoms. The summed E-state index contributed by atoms with van der Waals surface area (Å²) in [5.41, 5.74) is 7.74. The molecule has 0 saturated carbocycles. The average Bonchev–Trinajstić information content (AvgIpc) is 2.42. The second-order valence-corrected chi connectivity index (χ2v) is 5.69. The number of nitrogens with two attached hydrogens (primary N) is 1. The quantitative estimate of drug-likeness (QED) is 0.651. The summed E-state index contributed by atoms with van der Waals surface area (Å²) in [5, 5.41) is 8.89. The third-order valence-corrected chi connectivity index (χ3v) is 3.46. The molecule has 2 N–H and O–H groups in total. The van der Waals surface area contributed by atoms with E-state index in [9.17, 15) is 0 Å². The molecule has 1 aromatic carbocycles. The van der Waals surface area contributed by atoms with Gasteiger partial charge in [-0.15, -0.1) is 0 Å². The fourth-order valence-corrected chi connectivity index (χ4v) is 2.37. The average molecular weight is 380 g/mol. The third kappa shape index (κ3) is 3.17. The second kappa shape index (κ2) is 6.05. The number of nitriles is 1. The monoisotopic (exact) mass is 380 g/mol. The summed E-state index contributed by atoms with van der Waals surface area (Å²) in [4.78, 5) is 8.27. The van der Waals surface area contributed by atoms with E-state index in [1.807, 2.05) is 13.8 Å². The van der Waals surface area contributed by atoms with E-state index in [1.54, 1.807) is 18.2 Å². The Labute approximate surface area is 130 Å². The summed E-state index contributed by atoms with van der Waals surface area (Å²) in [5.74, 6) is 1.24. The van der Waals surface area contributed by atoms with Crippen LogP contribution in [0.25, 0.3) is 0 Å². The summed E-state index contributed by atoms with van der Waals surface area (Å²) in [6.45, 7) is 4.10. The van der Waals surface area contributed by atoms with Gasteiger partial charge in [-0.1, -0.05) is 13.8 Å². The number of anilines is 1. The molecule has 0 bridgehead atoms. The largest absolute Gasteiger partial charge is 0.436 e. The number of halogens is 1. The summed E-state index contributed by atoms with van der Waals surface area (Å²) < 4.78 is 6.50. The molecule has 0 aliphatic heterocycles. The van der Waals surface area contributed by atoms with Crippen LogP contribution in [0.2, 0.25) is 0 Å². The number of nitrogen functional groups attached to an aromatic ring is 1. The SMILES string of the molecule is CC(C)c1cc(Oc2c(N)cc(C#N)cc2I)ncn1. The highest BCUT2D eigenvalue weighted by atomic mass is 127. The molecule has 2 rings (SSSR count). The Hall–Kier alpha value is -1.88. The standard InChI is InChI=1S/C14H13IN4O/c1-8(2)12-5-13(19-7-18-12)20-14-10(15)3-9(6-16)4-11(14)17/h3-5,7-8H,17H2,1-2H3. The molecule has 6 heteroatoms. The van der Waals surface area contributed by atoms with Crippen molar-refractivity contribution in [2.24, 2.45) is 0 Å². The van der Waals surface area contributed by atoms with E-state index < -0.39 is 0 Å². The minimum atomic E-state index is 0.290. The lowest BCUT2D eigenvalue weighted by Gasteiger charge is -2.11. The van der Waals surface area contributed by atoms with Crippen molar-refractivity contribution in [3.05, 3.63) is 39.4 Å². The van der Waals surface area contributed by atoms with E-state index >= 15 is 0 Å². The molecule has 0 saturated heterocycles. The maximum atomic E-state index is 8.89. The van der Waals surface area contributed by atoms with Crippen LogP contribution in [0.3, 0.4) is 0 Å². The first kappa shape index (κ1) is 14.5. The van der Waals surface area contributed by atoms with Gasteiger partial charge in [-0.25, -0.2) is 9.97 Å². The molecule has 0 aliphatic carbocycles. The lowest BCUT2D eigenvalue weighted by atomic mass is 10.1. The van der Waals surface area contributed by atoms with Crippen LogP contribution in [0.4, 0.5) is 5.69 Å². The first-order valence-electron chi connectivity index (χ1n) is 6.00. The topological polar surface area (TPSA) is 84.8 Å². The highest BCUT2D eigenvalue weighted by Crippen LogP contribution is 2.33. The first-order valence-corrected chi connectivity index (χ1v) is 7.08. The Morgan fingerprint density at radius 1 is 1.30 bits per heavy atom. The minimum absolute atomic E-state index is 0.290. The number of nitrogens with zero attached hydrogens (tertiary/aromatic N) is 3. The van der Waals surface area contributed by atoms with Crippen LogP contribution < -0.4 is 10.5 Å². The molecule has 0 amide bonds. The highest BCUT2D eigenvalue weighted by molar-refractivity contribution is 14.1. The van der Waals surface area contributed by atoms with E-state index in [0.29, 0.717) is 22.9 Å². The van der Waals surface area contributed by atoms with Crippen LogP contribution in [-0.2, 0) is 0 Å². The van der Waals surface area contributed by atoms with Gasteiger partial charge in [0.1, 0.15) is 6.33 Å². The molecule has 2 aromatic rings. The zero-order valence-electron chi connectivity index (χ0n) is 11.1. The van der Waals surface area contributed by atoms with Crippen LogP contribution in [0, 0.1) is 14.9 Å². The number of ether oxygens (including phenoxy) is 1. The van der Waals surface area contributed by atoms with Crippen molar-refractivity contribution >= 4 is 28.3 Å². The van der Waals surface area contributed by atoms with E-state index in [1.165, 1.54) is 6.33 Å². The van der Waals surface area contributed by atoms with Crippen molar-refractivity contribution < 1.29 is 4.74 Å². The van der Waals surface area contributed by atoms with Crippen LogP contribution in [0.5, 0.6) is 11.6 Å². The van der Waals surface area contributed by atoms with Crippen LogP contribution >= 0.6 is 22.6 Å². The van der Waals surface area contributed by atoms with Crippen molar-refractivity contribution in [2.45, 2.75) is 19.8 Å². The van der Waals surface area contributed by atoms with Gasteiger partial charge in [0.05, 0.1) is 26.6 Å². The number of aromatic nitrogens is 2. The van der Waals surface area contributed by atoms with Gasteiger partial charge in [-0.2, -0.15) is 5.26 Å². The van der Waals surface area contributed by atoms with E-state index in [4.69, 9.17) is 15.7 Å².